The van der Waals surface area contributed by atoms with E-state index in [2.05, 4.69) is 9.80 Å². The summed E-state index contributed by atoms with van der Waals surface area (Å²) >= 11 is 0. The predicted octanol–water partition coefficient (Wildman–Crippen LogP) is 2.59. The Hall–Kier alpha value is -2.73. The molecule has 0 spiro atoms. The van der Waals surface area contributed by atoms with Gasteiger partial charge in [-0.2, -0.15) is 0 Å². The maximum Gasteiger partial charge on any atom is 0.251 e. The molecule has 0 saturated carbocycles. The second-order valence-electron chi connectivity index (χ2n) is 7.12. The zero-order valence-electron chi connectivity index (χ0n) is 15.3. The van der Waals surface area contributed by atoms with Crippen molar-refractivity contribution in [2.75, 3.05) is 36.0 Å². The van der Waals surface area contributed by atoms with E-state index in [1.807, 2.05) is 31.2 Å². The Morgan fingerprint density at radius 3 is 2.07 bits per heavy atom. The van der Waals surface area contributed by atoms with Crippen LogP contribution >= 0.6 is 0 Å². The summed E-state index contributed by atoms with van der Waals surface area (Å²) in [5.41, 5.74) is 2.71. The highest BCUT2D eigenvalue weighted by Crippen LogP contribution is 2.27. The second kappa shape index (κ2) is 7.12. The van der Waals surface area contributed by atoms with E-state index in [0.717, 1.165) is 24.3 Å². The number of hydrogen-bond donors (Lipinski definition) is 0. The van der Waals surface area contributed by atoms with Gasteiger partial charge in [0.05, 0.1) is 18.2 Å². The minimum absolute atomic E-state index is 0.140. The molecule has 2 fully saturated rings. The molecule has 140 valence electrons. The third kappa shape index (κ3) is 3.45. The van der Waals surface area contributed by atoms with E-state index in [0.29, 0.717) is 18.8 Å². The summed E-state index contributed by atoms with van der Waals surface area (Å²) in [4.78, 5) is 31.0. The summed E-state index contributed by atoms with van der Waals surface area (Å²) in [6.45, 7) is 4.86. The molecule has 2 heterocycles. The van der Waals surface area contributed by atoms with Crippen LogP contribution < -0.4 is 9.80 Å². The summed E-state index contributed by atoms with van der Waals surface area (Å²) in [6.07, 6.45) is 0.225. The van der Waals surface area contributed by atoms with Crippen molar-refractivity contribution < 1.29 is 14.0 Å². The fraction of sp³-hybridized carbons (Fsp3) is 0.333. The van der Waals surface area contributed by atoms with E-state index in [-0.39, 0.29) is 24.1 Å². The number of imide groups is 1. The lowest BCUT2D eigenvalue weighted by atomic mass is 10.1. The van der Waals surface area contributed by atoms with Crippen LogP contribution in [0.2, 0.25) is 0 Å². The van der Waals surface area contributed by atoms with Crippen molar-refractivity contribution in [1.29, 1.82) is 0 Å². The number of carbonyl (C=O) groups is 2. The summed E-state index contributed by atoms with van der Waals surface area (Å²) in [5, 5.41) is 0. The average molecular weight is 367 g/mol. The van der Waals surface area contributed by atoms with Gasteiger partial charge in [0.15, 0.2) is 0 Å². The Morgan fingerprint density at radius 1 is 0.852 bits per heavy atom. The highest BCUT2D eigenvalue weighted by Gasteiger charge is 2.43. The van der Waals surface area contributed by atoms with Gasteiger partial charge in [0, 0.05) is 31.9 Å². The molecular formula is C21H22FN3O2. The lowest BCUT2D eigenvalue weighted by molar-refractivity contribution is -0.123. The maximum atomic E-state index is 13.1. The fourth-order valence-corrected chi connectivity index (χ4v) is 3.81. The van der Waals surface area contributed by atoms with Crippen molar-refractivity contribution >= 4 is 23.2 Å². The Morgan fingerprint density at radius 2 is 1.44 bits per heavy atom. The van der Waals surface area contributed by atoms with Gasteiger partial charge in [-0.3, -0.25) is 14.5 Å². The minimum atomic E-state index is -0.394. The monoisotopic (exact) mass is 367 g/mol. The van der Waals surface area contributed by atoms with Crippen molar-refractivity contribution in [3.63, 3.8) is 0 Å². The molecule has 5 nitrogen and oxygen atoms in total. The fourth-order valence-electron chi connectivity index (χ4n) is 3.81. The Bertz CT molecular complexity index is 843. The normalized spacial score (nSPS) is 21.2. The standard InChI is InChI=1S/C21H22FN3O2/c1-15-2-6-18(7-3-15)25-20(26)14-19(21(25)27)24-12-10-23(11-13-24)17-8-4-16(22)5-9-17/h2-9,19H,10-14H2,1H3/t19-/m0/s1. The van der Waals surface area contributed by atoms with E-state index in [1.165, 1.54) is 17.0 Å². The third-order valence-corrected chi connectivity index (χ3v) is 5.36. The summed E-state index contributed by atoms with van der Waals surface area (Å²) < 4.78 is 13.1. The first-order valence-corrected chi connectivity index (χ1v) is 9.21. The molecule has 6 heteroatoms. The number of carbonyl (C=O) groups excluding carboxylic acids is 2. The number of halogens is 1. The van der Waals surface area contributed by atoms with Gasteiger partial charge in [-0.05, 0) is 43.3 Å². The summed E-state index contributed by atoms with van der Waals surface area (Å²) in [7, 11) is 0. The predicted molar refractivity (Wildman–Crippen MR) is 102 cm³/mol. The molecule has 0 bridgehead atoms. The van der Waals surface area contributed by atoms with E-state index in [4.69, 9.17) is 0 Å². The van der Waals surface area contributed by atoms with Gasteiger partial charge in [0.25, 0.3) is 5.91 Å². The minimum Gasteiger partial charge on any atom is -0.369 e. The van der Waals surface area contributed by atoms with Crippen LogP contribution in [-0.4, -0.2) is 48.9 Å². The summed E-state index contributed by atoms with van der Waals surface area (Å²) in [6, 6.07) is 13.5. The SMILES string of the molecule is Cc1ccc(N2C(=O)C[C@H](N3CCN(c4ccc(F)cc4)CC3)C2=O)cc1. The van der Waals surface area contributed by atoms with Crippen LogP contribution in [0.25, 0.3) is 0 Å². The van der Waals surface area contributed by atoms with Crippen LogP contribution in [0, 0.1) is 12.7 Å². The lowest BCUT2D eigenvalue weighted by Crippen LogP contribution is -2.52. The van der Waals surface area contributed by atoms with E-state index in [9.17, 15) is 14.0 Å². The molecule has 2 aliphatic heterocycles. The van der Waals surface area contributed by atoms with Crippen LogP contribution in [-0.2, 0) is 9.59 Å². The van der Waals surface area contributed by atoms with Crippen LogP contribution in [0.4, 0.5) is 15.8 Å². The van der Waals surface area contributed by atoms with E-state index in [1.54, 1.807) is 12.1 Å². The van der Waals surface area contributed by atoms with E-state index >= 15 is 0 Å². The van der Waals surface area contributed by atoms with Crippen molar-refractivity contribution in [3.05, 3.63) is 59.9 Å². The molecule has 2 aliphatic rings. The van der Waals surface area contributed by atoms with Gasteiger partial charge < -0.3 is 4.90 Å². The van der Waals surface area contributed by atoms with Crippen molar-refractivity contribution in [2.45, 2.75) is 19.4 Å². The Labute approximate surface area is 158 Å². The number of rotatable bonds is 3. The van der Waals surface area contributed by atoms with Gasteiger partial charge in [-0.15, -0.1) is 0 Å². The smallest absolute Gasteiger partial charge is 0.251 e. The highest BCUT2D eigenvalue weighted by molar-refractivity contribution is 6.22. The third-order valence-electron chi connectivity index (χ3n) is 5.36. The van der Waals surface area contributed by atoms with E-state index < -0.39 is 6.04 Å². The van der Waals surface area contributed by atoms with Gasteiger partial charge in [-0.1, -0.05) is 17.7 Å². The first-order valence-electron chi connectivity index (χ1n) is 9.21. The maximum absolute atomic E-state index is 13.1. The molecule has 2 aromatic carbocycles. The molecule has 0 aliphatic carbocycles. The highest BCUT2D eigenvalue weighted by atomic mass is 19.1. The lowest BCUT2D eigenvalue weighted by Gasteiger charge is -2.38. The Kier molecular flexibility index (Phi) is 4.66. The average Bonchev–Trinajstić information content (AvgIpc) is 2.98. The molecule has 0 radical (unpaired) electrons. The topological polar surface area (TPSA) is 43.9 Å². The molecule has 0 N–H and O–H groups in total. The number of piperazine rings is 1. The number of anilines is 2. The van der Waals surface area contributed by atoms with Crippen molar-refractivity contribution in [1.82, 2.24) is 4.90 Å². The largest absolute Gasteiger partial charge is 0.369 e. The van der Waals surface area contributed by atoms with Crippen LogP contribution in [0.3, 0.4) is 0 Å². The zero-order valence-corrected chi connectivity index (χ0v) is 15.3. The second-order valence-corrected chi connectivity index (χ2v) is 7.12. The first kappa shape index (κ1) is 17.7. The molecule has 27 heavy (non-hydrogen) atoms. The number of amides is 2. The molecule has 0 aromatic heterocycles. The summed E-state index contributed by atoms with van der Waals surface area (Å²) in [5.74, 6) is -0.530. The van der Waals surface area contributed by atoms with Gasteiger partial charge in [0.1, 0.15) is 5.82 Å². The van der Waals surface area contributed by atoms with Crippen molar-refractivity contribution in [3.8, 4) is 0 Å². The molecule has 2 aromatic rings. The molecule has 2 amide bonds. The molecular weight excluding hydrogens is 345 g/mol. The number of benzene rings is 2. The quantitative estimate of drug-likeness (QED) is 0.783. The zero-order chi connectivity index (χ0) is 19.0. The van der Waals surface area contributed by atoms with Crippen LogP contribution in [0.15, 0.2) is 48.5 Å². The van der Waals surface area contributed by atoms with Gasteiger partial charge >= 0.3 is 0 Å². The number of hydrogen-bond acceptors (Lipinski definition) is 4. The first-order chi connectivity index (χ1) is 13.0. The number of aryl methyl sites for hydroxylation is 1. The molecule has 2 saturated heterocycles. The molecule has 0 unspecified atom stereocenters. The van der Waals surface area contributed by atoms with Crippen LogP contribution in [0.5, 0.6) is 0 Å². The van der Waals surface area contributed by atoms with Gasteiger partial charge in [-0.25, -0.2) is 9.29 Å². The van der Waals surface area contributed by atoms with Crippen molar-refractivity contribution in [2.24, 2.45) is 0 Å². The Balaban J connectivity index is 1.43. The van der Waals surface area contributed by atoms with Crippen LogP contribution in [0.1, 0.15) is 12.0 Å². The van der Waals surface area contributed by atoms with Gasteiger partial charge in [0.2, 0.25) is 5.91 Å². The number of nitrogens with zero attached hydrogens (tertiary/aromatic N) is 3. The molecule has 4 rings (SSSR count). The molecule has 1 atom stereocenters.